The highest BCUT2D eigenvalue weighted by Gasteiger charge is 2.40. The zero-order valence-corrected chi connectivity index (χ0v) is 15.8. The topological polar surface area (TPSA) is 87.7 Å². The lowest BCUT2D eigenvalue weighted by Crippen LogP contribution is -2.34. The molecule has 1 fully saturated rings. The van der Waals surface area contributed by atoms with Crippen LogP contribution in [0.5, 0.6) is 5.75 Å². The van der Waals surface area contributed by atoms with Crippen LogP contribution in [0.3, 0.4) is 0 Å². The molecule has 7 nitrogen and oxygen atoms in total. The summed E-state index contributed by atoms with van der Waals surface area (Å²) in [6.07, 6.45) is 0.362. The third kappa shape index (κ3) is 4.31. The number of nitrogens with one attached hydrogen (secondary N) is 2. The first-order valence-corrected chi connectivity index (χ1v) is 9.12. The first-order chi connectivity index (χ1) is 13.5. The monoisotopic (exact) mass is 381 g/mol. The summed E-state index contributed by atoms with van der Waals surface area (Å²) in [5.41, 5.74) is 1.52. The maximum Gasteiger partial charge on any atom is 0.325 e. The Labute approximate surface area is 163 Å². The molecule has 0 aromatic heterocycles. The van der Waals surface area contributed by atoms with E-state index in [4.69, 9.17) is 4.74 Å². The minimum Gasteiger partial charge on any atom is -0.497 e. The molecule has 3 rings (SSSR count). The van der Waals surface area contributed by atoms with E-state index in [0.29, 0.717) is 11.4 Å². The number of nitrogens with zero attached hydrogens (tertiary/aromatic N) is 1. The van der Waals surface area contributed by atoms with Crippen molar-refractivity contribution in [2.24, 2.45) is 0 Å². The van der Waals surface area contributed by atoms with Gasteiger partial charge in [-0.05, 0) is 43.2 Å². The van der Waals surface area contributed by atoms with Gasteiger partial charge in [0.2, 0.25) is 5.91 Å². The second kappa shape index (κ2) is 8.56. The summed E-state index contributed by atoms with van der Waals surface area (Å²) in [6, 6.07) is 14.8. The minimum atomic E-state index is -0.694. The number of imide groups is 1. The Morgan fingerprint density at radius 2 is 1.82 bits per heavy atom. The normalized spacial score (nSPS) is 17.2. The first kappa shape index (κ1) is 19.4. The molecule has 0 saturated carbocycles. The van der Waals surface area contributed by atoms with Gasteiger partial charge in [0, 0.05) is 12.1 Å². The predicted molar refractivity (Wildman–Crippen MR) is 105 cm³/mol. The van der Waals surface area contributed by atoms with Gasteiger partial charge in [0.15, 0.2) is 0 Å². The van der Waals surface area contributed by atoms with Gasteiger partial charge in [-0.15, -0.1) is 0 Å². The van der Waals surface area contributed by atoms with E-state index >= 15 is 0 Å². The fourth-order valence-corrected chi connectivity index (χ4v) is 3.16. The van der Waals surface area contributed by atoms with Crippen molar-refractivity contribution in [1.29, 1.82) is 0 Å². The van der Waals surface area contributed by atoms with Crippen molar-refractivity contribution in [1.82, 2.24) is 10.2 Å². The Balaban J connectivity index is 1.55. The quantitative estimate of drug-likeness (QED) is 0.722. The summed E-state index contributed by atoms with van der Waals surface area (Å²) in [5, 5.41) is 5.45. The molecule has 2 atom stereocenters. The molecule has 2 N–H and O–H groups in total. The van der Waals surface area contributed by atoms with E-state index in [1.165, 1.54) is 4.90 Å². The Bertz CT molecular complexity index is 852. The van der Waals surface area contributed by atoms with Crippen LogP contribution in [0.15, 0.2) is 54.6 Å². The number of rotatable bonds is 7. The minimum absolute atomic E-state index is 0.121. The number of ether oxygens (including phenoxy) is 1. The molecule has 1 aliphatic rings. The number of methoxy groups -OCH3 is 1. The van der Waals surface area contributed by atoms with E-state index in [0.717, 1.165) is 5.56 Å². The number of urea groups is 1. The van der Waals surface area contributed by atoms with Crippen LogP contribution in [-0.4, -0.2) is 35.9 Å². The number of benzene rings is 2. The van der Waals surface area contributed by atoms with Gasteiger partial charge in [-0.1, -0.05) is 30.3 Å². The second-order valence-electron chi connectivity index (χ2n) is 6.61. The third-order valence-electron chi connectivity index (χ3n) is 4.76. The van der Waals surface area contributed by atoms with Gasteiger partial charge in [0.05, 0.1) is 13.2 Å². The second-order valence-corrected chi connectivity index (χ2v) is 6.61. The van der Waals surface area contributed by atoms with E-state index in [1.807, 2.05) is 37.3 Å². The number of hydrogen-bond acceptors (Lipinski definition) is 4. The van der Waals surface area contributed by atoms with E-state index in [2.05, 4.69) is 10.6 Å². The van der Waals surface area contributed by atoms with E-state index < -0.39 is 12.1 Å². The lowest BCUT2D eigenvalue weighted by molar-refractivity contribution is -0.129. The van der Waals surface area contributed by atoms with Crippen molar-refractivity contribution in [3.8, 4) is 5.75 Å². The maximum absolute atomic E-state index is 12.7. The van der Waals surface area contributed by atoms with Crippen LogP contribution in [0.1, 0.15) is 31.4 Å². The van der Waals surface area contributed by atoms with Crippen LogP contribution >= 0.6 is 0 Å². The van der Waals surface area contributed by atoms with Gasteiger partial charge in [0.25, 0.3) is 5.91 Å². The van der Waals surface area contributed by atoms with Gasteiger partial charge >= 0.3 is 6.03 Å². The highest BCUT2D eigenvalue weighted by molar-refractivity contribution is 6.05. The van der Waals surface area contributed by atoms with Crippen LogP contribution in [0, 0.1) is 0 Å². The highest BCUT2D eigenvalue weighted by atomic mass is 16.5. The smallest absolute Gasteiger partial charge is 0.325 e. The molecule has 1 heterocycles. The van der Waals surface area contributed by atoms with Crippen molar-refractivity contribution in [3.63, 3.8) is 0 Å². The number of amides is 4. The van der Waals surface area contributed by atoms with Crippen LogP contribution in [0.2, 0.25) is 0 Å². The first-order valence-electron chi connectivity index (χ1n) is 9.12. The fourth-order valence-electron chi connectivity index (χ4n) is 3.16. The number of anilines is 1. The van der Waals surface area contributed by atoms with E-state index in [1.54, 1.807) is 31.4 Å². The van der Waals surface area contributed by atoms with Gasteiger partial charge in [0.1, 0.15) is 11.8 Å². The number of hydrogen-bond donors (Lipinski definition) is 2. The molecule has 0 aliphatic carbocycles. The Kier molecular flexibility index (Phi) is 5.93. The molecule has 7 heteroatoms. The summed E-state index contributed by atoms with van der Waals surface area (Å²) in [4.78, 5) is 38.3. The summed E-state index contributed by atoms with van der Waals surface area (Å²) in [5.74, 6) is 0.172. The molecule has 146 valence electrons. The van der Waals surface area contributed by atoms with E-state index in [9.17, 15) is 14.4 Å². The van der Waals surface area contributed by atoms with Gasteiger partial charge in [-0.25, -0.2) is 4.79 Å². The Morgan fingerprint density at radius 3 is 2.46 bits per heavy atom. The SMILES string of the molecule is COc1ccc(NC(=O)CC[C@H]2NC(=O)N([C@H](C)c3ccccc3)C2=O)cc1. The highest BCUT2D eigenvalue weighted by Crippen LogP contribution is 2.25. The average Bonchev–Trinajstić information content (AvgIpc) is 3.00. The number of carbonyl (C=O) groups is 3. The molecule has 1 aliphatic heterocycles. The van der Waals surface area contributed by atoms with Crippen LogP contribution in [-0.2, 0) is 9.59 Å². The molecular formula is C21H23N3O4. The number of carbonyl (C=O) groups excluding carboxylic acids is 3. The Morgan fingerprint density at radius 1 is 1.14 bits per heavy atom. The molecule has 4 amide bonds. The summed E-state index contributed by atoms with van der Waals surface area (Å²) >= 11 is 0. The fraction of sp³-hybridized carbons (Fsp3) is 0.286. The van der Waals surface area contributed by atoms with Crippen molar-refractivity contribution in [3.05, 3.63) is 60.2 Å². The molecule has 0 unspecified atom stereocenters. The maximum atomic E-state index is 12.7. The third-order valence-corrected chi connectivity index (χ3v) is 4.76. The van der Waals surface area contributed by atoms with Crippen molar-refractivity contribution < 1.29 is 19.1 Å². The lowest BCUT2D eigenvalue weighted by atomic mass is 10.1. The molecular weight excluding hydrogens is 358 g/mol. The van der Waals surface area contributed by atoms with Crippen LogP contribution in [0.25, 0.3) is 0 Å². The largest absolute Gasteiger partial charge is 0.497 e. The van der Waals surface area contributed by atoms with Gasteiger partial charge in [-0.3, -0.25) is 14.5 Å². The van der Waals surface area contributed by atoms with E-state index in [-0.39, 0.29) is 30.7 Å². The standard InChI is InChI=1S/C21H23N3O4/c1-14(15-6-4-3-5-7-15)24-20(26)18(23-21(24)27)12-13-19(25)22-16-8-10-17(28-2)11-9-16/h3-11,14,18H,12-13H2,1-2H3,(H,22,25)(H,23,27)/t14-,18-/m1/s1. The molecule has 0 radical (unpaired) electrons. The Hall–Kier alpha value is -3.35. The molecule has 28 heavy (non-hydrogen) atoms. The van der Waals surface area contributed by atoms with Crippen molar-refractivity contribution >= 4 is 23.5 Å². The van der Waals surface area contributed by atoms with Gasteiger partial charge < -0.3 is 15.4 Å². The van der Waals surface area contributed by atoms with Crippen molar-refractivity contribution in [2.75, 3.05) is 12.4 Å². The summed E-state index contributed by atoms with van der Waals surface area (Å²) in [7, 11) is 1.57. The lowest BCUT2D eigenvalue weighted by Gasteiger charge is -2.21. The zero-order valence-electron chi connectivity index (χ0n) is 15.8. The molecule has 0 bridgehead atoms. The average molecular weight is 381 g/mol. The van der Waals surface area contributed by atoms with Crippen LogP contribution < -0.4 is 15.4 Å². The molecule has 2 aromatic carbocycles. The van der Waals surface area contributed by atoms with Crippen molar-refractivity contribution in [2.45, 2.75) is 31.8 Å². The molecule has 0 spiro atoms. The zero-order chi connectivity index (χ0) is 20.1. The molecule has 2 aromatic rings. The summed E-state index contributed by atoms with van der Waals surface area (Å²) < 4.78 is 5.08. The van der Waals surface area contributed by atoms with Gasteiger partial charge in [-0.2, -0.15) is 0 Å². The predicted octanol–water partition coefficient (Wildman–Crippen LogP) is 3.10. The summed E-state index contributed by atoms with van der Waals surface area (Å²) in [6.45, 7) is 1.81. The molecule has 1 saturated heterocycles. The van der Waals surface area contributed by atoms with Crippen LogP contribution in [0.4, 0.5) is 10.5 Å².